The fourth-order valence-electron chi connectivity index (χ4n) is 2.78. The lowest BCUT2D eigenvalue weighted by molar-refractivity contribution is -0.123. The molecule has 136 valence electrons. The van der Waals surface area contributed by atoms with Crippen molar-refractivity contribution in [2.75, 3.05) is 6.61 Å². The summed E-state index contributed by atoms with van der Waals surface area (Å²) in [6.45, 7) is 6.85. The van der Waals surface area contributed by atoms with Crippen LogP contribution in [-0.4, -0.2) is 22.1 Å². The number of hydrogen-bond donors (Lipinski definition) is 1. The number of benzene rings is 2. The average molecular weight is 351 g/mol. The number of aromatic nitrogens is 2. The van der Waals surface area contributed by atoms with E-state index in [1.807, 2.05) is 60.1 Å². The van der Waals surface area contributed by atoms with E-state index in [4.69, 9.17) is 4.74 Å². The molecular weight excluding hydrogens is 326 g/mol. The Morgan fingerprint density at radius 2 is 1.81 bits per heavy atom. The fraction of sp³-hybridized carbons (Fsp3) is 0.333. The molecule has 1 amide bonds. The Hall–Kier alpha value is -2.82. The zero-order valence-electron chi connectivity index (χ0n) is 15.7. The summed E-state index contributed by atoms with van der Waals surface area (Å²) in [7, 11) is 1.95. The van der Waals surface area contributed by atoms with Gasteiger partial charge in [-0.15, -0.1) is 0 Å². The predicted octanol–water partition coefficient (Wildman–Crippen LogP) is 3.57. The molecule has 0 saturated carbocycles. The Kier molecular flexibility index (Phi) is 4.98. The van der Waals surface area contributed by atoms with Crippen molar-refractivity contribution in [3.8, 4) is 5.75 Å². The predicted molar refractivity (Wildman–Crippen MR) is 103 cm³/mol. The van der Waals surface area contributed by atoms with E-state index in [9.17, 15) is 4.79 Å². The highest BCUT2D eigenvalue weighted by atomic mass is 16.5. The van der Waals surface area contributed by atoms with Crippen molar-refractivity contribution in [2.24, 2.45) is 7.05 Å². The van der Waals surface area contributed by atoms with E-state index >= 15 is 0 Å². The summed E-state index contributed by atoms with van der Waals surface area (Å²) in [5.41, 5.74) is 3.30. The second-order valence-electron chi connectivity index (χ2n) is 7.42. The monoisotopic (exact) mass is 351 g/mol. The highest BCUT2D eigenvalue weighted by Crippen LogP contribution is 2.24. The number of fused-ring (bicyclic) bond motifs is 1. The number of carbonyl (C=O) groups is 1. The van der Waals surface area contributed by atoms with E-state index in [0.29, 0.717) is 12.3 Å². The SMILES string of the molecule is Cn1c(CNC(=O)COc2ccc(C(C)(C)C)cc2)nc2ccccc21. The van der Waals surface area contributed by atoms with Crippen molar-refractivity contribution < 1.29 is 9.53 Å². The van der Waals surface area contributed by atoms with Crippen molar-refractivity contribution in [2.45, 2.75) is 32.7 Å². The largest absolute Gasteiger partial charge is 0.484 e. The Balaban J connectivity index is 1.53. The van der Waals surface area contributed by atoms with Crippen molar-refractivity contribution in [3.05, 3.63) is 59.9 Å². The number of para-hydroxylation sites is 2. The van der Waals surface area contributed by atoms with Crippen molar-refractivity contribution in [1.82, 2.24) is 14.9 Å². The molecule has 0 unspecified atom stereocenters. The van der Waals surface area contributed by atoms with Gasteiger partial charge in [-0.1, -0.05) is 45.0 Å². The summed E-state index contributed by atoms with van der Waals surface area (Å²) in [6, 6.07) is 15.8. The highest BCUT2D eigenvalue weighted by molar-refractivity contribution is 5.78. The van der Waals surface area contributed by atoms with Crippen molar-refractivity contribution in [1.29, 1.82) is 0 Å². The lowest BCUT2D eigenvalue weighted by atomic mass is 9.87. The molecule has 0 radical (unpaired) electrons. The molecule has 0 fully saturated rings. The van der Waals surface area contributed by atoms with Crippen LogP contribution in [0.2, 0.25) is 0 Å². The number of imidazole rings is 1. The van der Waals surface area contributed by atoms with Crippen LogP contribution in [0, 0.1) is 0 Å². The maximum Gasteiger partial charge on any atom is 0.258 e. The van der Waals surface area contributed by atoms with Crippen LogP contribution in [0.4, 0.5) is 0 Å². The number of ether oxygens (including phenoxy) is 1. The Bertz CT molecular complexity index is 905. The quantitative estimate of drug-likeness (QED) is 0.764. The van der Waals surface area contributed by atoms with Gasteiger partial charge in [0.1, 0.15) is 11.6 Å². The third-order valence-corrected chi connectivity index (χ3v) is 4.41. The zero-order valence-corrected chi connectivity index (χ0v) is 15.7. The molecule has 5 heteroatoms. The first-order valence-corrected chi connectivity index (χ1v) is 8.75. The van der Waals surface area contributed by atoms with Crippen LogP contribution in [-0.2, 0) is 23.8 Å². The van der Waals surface area contributed by atoms with Crippen molar-refractivity contribution >= 4 is 16.9 Å². The van der Waals surface area contributed by atoms with Crippen molar-refractivity contribution in [3.63, 3.8) is 0 Å². The molecule has 26 heavy (non-hydrogen) atoms. The molecule has 1 heterocycles. The summed E-state index contributed by atoms with van der Waals surface area (Å²) in [5, 5.41) is 2.86. The first kappa shape index (κ1) is 18.0. The van der Waals surface area contributed by atoms with Gasteiger partial charge >= 0.3 is 0 Å². The minimum atomic E-state index is -0.169. The van der Waals surface area contributed by atoms with Gasteiger partial charge in [0.2, 0.25) is 0 Å². The van der Waals surface area contributed by atoms with E-state index in [-0.39, 0.29) is 17.9 Å². The zero-order chi connectivity index (χ0) is 18.7. The third-order valence-electron chi connectivity index (χ3n) is 4.41. The lowest BCUT2D eigenvalue weighted by Gasteiger charge is -2.19. The van der Waals surface area contributed by atoms with Crippen LogP contribution in [0.1, 0.15) is 32.2 Å². The fourth-order valence-corrected chi connectivity index (χ4v) is 2.78. The van der Waals surface area contributed by atoms with Crippen LogP contribution >= 0.6 is 0 Å². The molecule has 0 aliphatic rings. The van der Waals surface area contributed by atoms with Crippen LogP contribution < -0.4 is 10.1 Å². The number of hydrogen-bond acceptors (Lipinski definition) is 3. The number of nitrogens with zero attached hydrogens (tertiary/aromatic N) is 2. The second-order valence-corrected chi connectivity index (χ2v) is 7.42. The van der Waals surface area contributed by atoms with Gasteiger partial charge in [0.15, 0.2) is 6.61 Å². The van der Waals surface area contributed by atoms with Gasteiger partial charge in [-0.05, 0) is 35.2 Å². The molecule has 3 aromatic rings. The summed E-state index contributed by atoms with van der Waals surface area (Å²) in [4.78, 5) is 16.6. The van der Waals surface area contributed by atoms with E-state index in [0.717, 1.165) is 16.9 Å². The minimum absolute atomic E-state index is 0.0151. The van der Waals surface area contributed by atoms with Gasteiger partial charge in [-0.3, -0.25) is 4.79 Å². The van der Waals surface area contributed by atoms with E-state index in [1.54, 1.807) is 0 Å². The van der Waals surface area contributed by atoms with Gasteiger partial charge in [-0.25, -0.2) is 4.98 Å². The van der Waals surface area contributed by atoms with Crippen LogP contribution in [0.3, 0.4) is 0 Å². The standard InChI is InChI=1S/C21H25N3O2/c1-21(2,3)15-9-11-16(12-10-15)26-14-20(25)22-13-19-23-17-7-5-6-8-18(17)24(19)4/h5-12H,13-14H2,1-4H3,(H,22,25). The highest BCUT2D eigenvalue weighted by Gasteiger charge is 2.13. The number of rotatable bonds is 5. The molecular formula is C21H25N3O2. The Morgan fingerprint density at radius 3 is 2.46 bits per heavy atom. The number of aryl methyl sites for hydroxylation is 1. The van der Waals surface area contributed by atoms with Gasteiger partial charge in [0.25, 0.3) is 5.91 Å². The van der Waals surface area contributed by atoms with Crippen LogP contribution in [0.5, 0.6) is 5.75 Å². The first-order valence-electron chi connectivity index (χ1n) is 8.75. The number of carbonyl (C=O) groups excluding carboxylic acids is 1. The molecule has 1 aromatic heterocycles. The molecule has 0 aliphatic heterocycles. The maximum atomic E-state index is 12.1. The molecule has 2 aromatic carbocycles. The van der Waals surface area contributed by atoms with Crippen LogP contribution in [0.15, 0.2) is 48.5 Å². The van der Waals surface area contributed by atoms with Gasteiger partial charge < -0.3 is 14.6 Å². The summed E-state index contributed by atoms with van der Waals surface area (Å²) >= 11 is 0. The van der Waals surface area contributed by atoms with E-state index < -0.39 is 0 Å². The molecule has 0 saturated heterocycles. The molecule has 0 aliphatic carbocycles. The Morgan fingerprint density at radius 1 is 1.12 bits per heavy atom. The molecule has 3 rings (SSSR count). The second kappa shape index (κ2) is 7.20. The minimum Gasteiger partial charge on any atom is -0.484 e. The molecule has 0 bridgehead atoms. The molecule has 1 N–H and O–H groups in total. The summed E-state index contributed by atoms with van der Waals surface area (Å²) in [6.07, 6.45) is 0. The topological polar surface area (TPSA) is 56.2 Å². The van der Waals surface area contributed by atoms with Gasteiger partial charge in [0.05, 0.1) is 17.6 Å². The molecule has 0 spiro atoms. The third kappa shape index (κ3) is 4.04. The normalized spacial score (nSPS) is 11.5. The maximum absolute atomic E-state index is 12.1. The Labute approximate surface area is 154 Å². The number of amides is 1. The molecule has 5 nitrogen and oxygen atoms in total. The van der Waals surface area contributed by atoms with Crippen LogP contribution in [0.25, 0.3) is 11.0 Å². The van der Waals surface area contributed by atoms with E-state index in [2.05, 4.69) is 31.1 Å². The van der Waals surface area contributed by atoms with Gasteiger partial charge in [-0.2, -0.15) is 0 Å². The summed E-state index contributed by atoms with van der Waals surface area (Å²) < 4.78 is 7.56. The number of nitrogens with one attached hydrogen (secondary N) is 1. The first-order chi connectivity index (χ1) is 12.3. The summed E-state index contributed by atoms with van der Waals surface area (Å²) in [5.74, 6) is 1.34. The molecule has 0 atom stereocenters. The average Bonchev–Trinajstić information content (AvgIpc) is 2.94. The smallest absolute Gasteiger partial charge is 0.258 e. The van der Waals surface area contributed by atoms with Gasteiger partial charge in [0, 0.05) is 7.05 Å². The van der Waals surface area contributed by atoms with E-state index in [1.165, 1.54) is 5.56 Å². The lowest BCUT2D eigenvalue weighted by Crippen LogP contribution is -2.29.